The summed E-state index contributed by atoms with van der Waals surface area (Å²) in [5.41, 5.74) is 2.70. The van der Waals surface area contributed by atoms with E-state index in [2.05, 4.69) is 16.9 Å². The van der Waals surface area contributed by atoms with Crippen molar-refractivity contribution >= 4 is 17.2 Å². The van der Waals surface area contributed by atoms with Crippen molar-refractivity contribution in [1.82, 2.24) is 4.98 Å². The number of nitrogens with zero attached hydrogens (tertiary/aromatic N) is 1. The number of methoxy groups -OCH3 is 1. The number of carbonyl (C=O) groups is 1. The fraction of sp³-hybridized carbons (Fsp3) is 0.125. The number of pyridine rings is 1. The van der Waals surface area contributed by atoms with Crippen LogP contribution in [-0.2, 0) is 0 Å². The second-order valence-electron chi connectivity index (χ2n) is 4.36. The Balaban J connectivity index is 2.21. The lowest BCUT2D eigenvalue weighted by Crippen LogP contribution is -2.13. The number of hydrogen-bond acceptors (Lipinski definition) is 3. The minimum atomic E-state index is -0.192. The molecule has 4 nitrogen and oxygen atoms in total. The molecule has 1 heterocycles. The smallest absolute Gasteiger partial charge is 0.255 e. The Bertz CT molecular complexity index is 633. The molecule has 1 N–H and O–H groups in total. The highest BCUT2D eigenvalue weighted by molar-refractivity contribution is 6.05. The second-order valence-corrected chi connectivity index (χ2v) is 4.36. The molecule has 0 radical (unpaired) electrons. The van der Waals surface area contributed by atoms with E-state index < -0.39 is 0 Å². The number of hydrogen-bond donors (Lipinski definition) is 1. The van der Waals surface area contributed by atoms with Crippen molar-refractivity contribution in [3.63, 3.8) is 0 Å². The average molecular weight is 268 g/mol. The number of rotatable bonds is 4. The molecule has 0 spiro atoms. The van der Waals surface area contributed by atoms with E-state index in [9.17, 15) is 4.79 Å². The summed E-state index contributed by atoms with van der Waals surface area (Å²) >= 11 is 0. The molecule has 0 atom stereocenters. The zero-order chi connectivity index (χ0) is 14.5. The molecule has 2 aromatic rings. The molecule has 20 heavy (non-hydrogen) atoms. The van der Waals surface area contributed by atoms with E-state index in [1.165, 1.54) is 0 Å². The maximum absolute atomic E-state index is 12.2. The molecule has 2 rings (SSSR count). The topological polar surface area (TPSA) is 51.2 Å². The molecular formula is C16H16N2O2. The summed E-state index contributed by atoms with van der Waals surface area (Å²) in [5, 5.41) is 2.84. The van der Waals surface area contributed by atoms with Crippen LogP contribution in [0.15, 0.2) is 49.2 Å². The summed E-state index contributed by atoms with van der Waals surface area (Å²) in [6.45, 7) is 5.71. The summed E-state index contributed by atoms with van der Waals surface area (Å²) in [7, 11) is 1.59. The summed E-state index contributed by atoms with van der Waals surface area (Å²) in [5.74, 6) is 0.522. The molecule has 1 aromatic heterocycles. The van der Waals surface area contributed by atoms with Gasteiger partial charge in [0.25, 0.3) is 5.91 Å². The predicted molar refractivity (Wildman–Crippen MR) is 79.9 cm³/mol. The molecular weight excluding hydrogens is 252 g/mol. The molecule has 1 aromatic carbocycles. The zero-order valence-electron chi connectivity index (χ0n) is 11.5. The maximum Gasteiger partial charge on any atom is 0.255 e. The highest BCUT2D eigenvalue weighted by atomic mass is 16.5. The van der Waals surface area contributed by atoms with Crippen molar-refractivity contribution in [1.29, 1.82) is 0 Å². The SMILES string of the molecule is C=C(C)c1ncccc1NC(=O)c1ccc(OC)cc1. The molecule has 0 bridgehead atoms. The lowest BCUT2D eigenvalue weighted by molar-refractivity contribution is 0.102. The standard InChI is InChI=1S/C16H16N2O2/c1-11(2)15-14(5-4-10-17-15)18-16(19)12-6-8-13(20-3)9-7-12/h4-10H,1H2,2-3H3,(H,18,19). The van der Waals surface area contributed by atoms with Gasteiger partial charge in [-0.1, -0.05) is 6.58 Å². The predicted octanol–water partition coefficient (Wildman–Crippen LogP) is 3.38. The average Bonchev–Trinajstić information content (AvgIpc) is 2.47. The van der Waals surface area contributed by atoms with Crippen LogP contribution < -0.4 is 10.1 Å². The lowest BCUT2D eigenvalue weighted by Gasteiger charge is -2.10. The minimum Gasteiger partial charge on any atom is -0.497 e. The highest BCUT2D eigenvalue weighted by Gasteiger charge is 2.10. The summed E-state index contributed by atoms with van der Waals surface area (Å²) in [6, 6.07) is 10.5. The molecule has 4 heteroatoms. The first-order valence-corrected chi connectivity index (χ1v) is 6.18. The molecule has 0 saturated heterocycles. The maximum atomic E-state index is 12.2. The Morgan fingerprint density at radius 2 is 1.95 bits per heavy atom. The van der Waals surface area contributed by atoms with Crippen LogP contribution in [0.25, 0.3) is 5.57 Å². The van der Waals surface area contributed by atoms with Gasteiger partial charge in [0.2, 0.25) is 0 Å². The lowest BCUT2D eigenvalue weighted by atomic mass is 10.1. The zero-order valence-corrected chi connectivity index (χ0v) is 11.5. The number of ether oxygens (including phenoxy) is 1. The summed E-state index contributed by atoms with van der Waals surface area (Å²) in [6.07, 6.45) is 1.67. The fourth-order valence-electron chi connectivity index (χ4n) is 1.78. The van der Waals surface area contributed by atoms with Crippen LogP contribution in [0.3, 0.4) is 0 Å². The quantitative estimate of drug-likeness (QED) is 0.924. The normalized spacial score (nSPS) is 9.90. The molecule has 0 unspecified atom stereocenters. The van der Waals surface area contributed by atoms with Crippen LogP contribution in [0.5, 0.6) is 5.75 Å². The first kappa shape index (κ1) is 13.8. The first-order chi connectivity index (χ1) is 9.61. The molecule has 102 valence electrons. The highest BCUT2D eigenvalue weighted by Crippen LogP contribution is 2.20. The number of amides is 1. The van der Waals surface area contributed by atoms with E-state index in [0.29, 0.717) is 22.7 Å². The van der Waals surface area contributed by atoms with Crippen molar-refractivity contribution in [2.24, 2.45) is 0 Å². The van der Waals surface area contributed by atoms with Crippen molar-refractivity contribution in [2.45, 2.75) is 6.92 Å². The third-order valence-corrected chi connectivity index (χ3v) is 2.81. The number of allylic oxidation sites excluding steroid dienone is 1. The van der Waals surface area contributed by atoms with Crippen molar-refractivity contribution in [3.05, 3.63) is 60.4 Å². The van der Waals surface area contributed by atoms with Gasteiger partial charge in [-0.3, -0.25) is 9.78 Å². The van der Waals surface area contributed by atoms with Crippen molar-refractivity contribution < 1.29 is 9.53 Å². The van der Waals surface area contributed by atoms with E-state index in [1.807, 2.05) is 6.92 Å². The Labute approximate surface area is 118 Å². The molecule has 0 fully saturated rings. The minimum absolute atomic E-state index is 0.192. The molecule has 0 aliphatic rings. The van der Waals surface area contributed by atoms with Gasteiger partial charge in [0, 0.05) is 11.8 Å². The van der Waals surface area contributed by atoms with Crippen molar-refractivity contribution in [3.8, 4) is 5.75 Å². The Kier molecular flexibility index (Phi) is 4.15. The van der Waals surface area contributed by atoms with Gasteiger partial charge >= 0.3 is 0 Å². The number of nitrogens with one attached hydrogen (secondary N) is 1. The first-order valence-electron chi connectivity index (χ1n) is 6.18. The van der Waals surface area contributed by atoms with E-state index in [4.69, 9.17) is 4.74 Å². The Morgan fingerprint density at radius 3 is 2.55 bits per heavy atom. The van der Waals surface area contributed by atoms with Gasteiger partial charge < -0.3 is 10.1 Å². The van der Waals surface area contributed by atoms with Gasteiger partial charge in [-0.15, -0.1) is 0 Å². The van der Waals surface area contributed by atoms with Crippen LogP contribution in [0.2, 0.25) is 0 Å². The van der Waals surface area contributed by atoms with Gasteiger partial charge in [-0.05, 0) is 48.9 Å². The van der Waals surface area contributed by atoms with Crippen LogP contribution in [0.1, 0.15) is 23.0 Å². The molecule has 1 amide bonds. The number of anilines is 1. The van der Waals surface area contributed by atoms with Crippen LogP contribution >= 0.6 is 0 Å². The van der Waals surface area contributed by atoms with Crippen molar-refractivity contribution in [2.75, 3.05) is 12.4 Å². The van der Waals surface area contributed by atoms with E-state index in [-0.39, 0.29) is 5.91 Å². The Hall–Kier alpha value is -2.62. The monoisotopic (exact) mass is 268 g/mol. The third kappa shape index (κ3) is 3.03. The number of aromatic nitrogens is 1. The van der Waals surface area contributed by atoms with Gasteiger partial charge in [0.1, 0.15) is 5.75 Å². The summed E-state index contributed by atoms with van der Waals surface area (Å²) in [4.78, 5) is 16.4. The van der Waals surface area contributed by atoms with Crippen LogP contribution in [-0.4, -0.2) is 18.0 Å². The number of carbonyl (C=O) groups excluding carboxylic acids is 1. The molecule has 0 saturated carbocycles. The van der Waals surface area contributed by atoms with Gasteiger partial charge in [0.05, 0.1) is 18.5 Å². The Morgan fingerprint density at radius 1 is 1.25 bits per heavy atom. The fourth-order valence-corrected chi connectivity index (χ4v) is 1.78. The van der Waals surface area contributed by atoms with Gasteiger partial charge in [-0.2, -0.15) is 0 Å². The van der Waals surface area contributed by atoms with E-state index in [1.54, 1.807) is 49.7 Å². The summed E-state index contributed by atoms with van der Waals surface area (Å²) < 4.78 is 5.06. The largest absolute Gasteiger partial charge is 0.497 e. The van der Waals surface area contributed by atoms with Crippen LogP contribution in [0, 0.1) is 0 Å². The number of benzene rings is 1. The van der Waals surface area contributed by atoms with E-state index >= 15 is 0 Å². The molecule has 0 aliphatic carbocycles. The van der Waals surface area contributed by atoms with Gasteiger partial charge in [-0.25, -0.2) is 0 Å². The van der Waals surface area contributed by atoms with Crippen LogP contribution in [0.4, 0.5) is 5.69 Å². The van der Waals surface area contributed by atoms with Gasteiger partial charge in [0.15, 0.2) is 0 Å². The second kappa shape index (κ2) is 6.02. The third-order valence-electron chi connectivity index (χ3n) is 2.81. The molecule has 0 aliphatic heterocycles. The van der Waals surface area contributed by atoms with E-state index in [0.717, 1.165) is 5.57 Å².